The van der Waals surface area contributed by atoms with Crippen molar-refractivity contribution in [3.63, 3.8) is 0 Å². The molecule has 0 atom stereocenters. The summed E-state index contributed by atoms with van der Waals surface area (Å²) in [6.07, 6.45) is 0.949. The van der Waals surface area contributed by atoms with Crippen molar-refractivity contribution in [1.29, 1.82) is 0 Å². The Morgan fingerprint density at radius 2 is 1.66 bits per heavy atom. The zero-order chi connectivity index (χ0) is 21.9. The topological polar surface area (TPSA) is 65.7 Å². The highest BCUT2D eigenvalue weighted by atomic mass is 16.5. The number of benzene rings is 2. The van der Waals surface area contributed by atoms with Crippen molar-refractivity contribution in [3.8, 4) is 11.4 Å². The summed E-state index contributed by atoms with van der Waals surface area (Å²) in [6.45, 7) is 8.26. The van der Waals surface area contributed by atoms with Crippen molar-refractivity contribution in [2.24, 2.45) is 0 Å². The standard InChI is InChI=1S/C25H29N5O2/c1-19-6-8-21(9-7-19)25-26-23(32-27-25)17-28-12-14-29(15-13-28)18-24(31)30-11-10-20-4-2-3-5-22(20)16-30/h2-9H,10-18H2,1H3. The first-order valence-electron chi connectivity index (χ1n) is 11.3. The summed E-state index contributed by atoms with van der Waals surface area (Å²) in [4.78, 5) is 24.0. The van der Waals surface area contributed by atoms with E-state index in [1.165, 1.54) is 16.7 Å². The molecule has 0 unspecified atom stereocenters. The Morgan fingerprint density at radius 3 is 2.44 bits per heavy atom. The lowest BCUT2D eigenvalue weighted by Gasteiger charge is -2.35. The van der Waals surface area contributed by atoms with Crippen LogP contribution >= 0.6 is 0 Å². The first-order valence-corrected chi connectivity index (χ1v) is 11.3. The van der Waals surface area contributed by atoms with Gasteiger partial charge in [-0.2, -0.15) is 4.98 Å². The summed E-state index contributed by atoms with van der Waals surface area (Å²) < 4.78 is 5.47. The number of carbonyl (C=O) groups is 1. The number of hydrogen-bond donors (Lipinski definition) is 0. The van der Waals surface area contributed by atoms with E-state index in [9.17, 15) is 4.79 Å². The summed E-state index contributed by atoms with van der Waals surface area (Å²) >= 11 is 0. The Bertz CT molecular complexity index is 1070. The van der Waals surface area contributed by atoms with Gasteiger partial charge in [0, 0.05) is 44.8 Å². The van der Waals surface area contributed by atoms with E-state index >= 15 is 0 Å². The average Bonchev–Trinajstić information content (AvgIpc) is 3.29. The molecular formula is C25H29N5O2. The number of nitrogens with zero attached hydrogens (tertiary/aromatic N) is 5. The predicted octanol–water partition coefficient (Wildman–Crippen LogP) is 2.75. The summed E-state index contributed by atoms with van der Waals surface area (Å²) in [5, 5.41) is 4.13. The van der Waals surface area contributed by atoms with E-state index in [2.05, 4.69) is 63.3 Å². The summed E-state index contributed by atoms with van der Waals surface area (Å²) in [7, 11) is 0. The van der Waals surface area contributed by atoms with Crippen LogP contribution < -0.4 is 0 Å². The normalized spacial score (nSPS) is 17.3. The van der Waals surface area contributed by atoms with Gasteiger partial charge in [-0.15, -0.1) is 0 Å². The van der Waals surface area contributed by atoms with Crippen molar-refractivity contribution in [3.05, 3.63) is 71.1 Å². The van der Waals surface area contributed by atoms with Gasteiger partial charge < -0.3 is 9.42 Å². The van der Waals surface area contributed by atoms with E-state index in [4.69, 9.17) is 4.52 Å². The highest BCUT2D eigenvalue weighted by molar-refractivity contribution is 5.78. The van der Waals surface area contributed by atoms with Gasteiger partial charge >= 0.3 is 0 Å². The molecule has 2 aliphatic rings. The van der Waals surface area contributed by atoms with Crippen LogP contribution in [0.2, 0.25) is 0 Å². The number of fused-ring (bicyclic) bond motifs is 1. The van der Waals surface area contributed by atoms with Crippen molar-refractivity contribution in [2.75, 3.05) is 39.3 Å². The number of rotatable bonds is 5. The Morgan fingerprint density at radius 1 is 0.938 bits per heavy atom. The third-order valence-corrected chi connectivity index (χ3v) is 6.44. The van der Waals surface area contributed by atoms with Crippen LogP contribution in [0, 0.1) is 6.92 Å². The number of amides is 1. The molecule has 3 heterocycles. The molecular weight excluding hydrogens is 402 g/mol. The molecule has 0 aliphatic carbocycles. The molecule has 0 spiro atoms. The van der Waals surface area contributed by atoms with Gasteiger partial charge in [-0.25, -0.2) is 0 Å². The minimum absolute atomic E-state index is 0.229. The molecule has 0 radical (unpaired) electrons. The monoisotopic (exact) mass is 431 g/mol. The van der Waals surface area contributed by atoms with E-state index < -0.39 is 0 Å². The Kier molecular flexibility index (Phi) is 6.01. The summed E-state index contributed by atoms with van der Waals surface area (Å²) in [5.74, 6) is 1.50. The summed E-state index contributed by atoms with van der Waals surface area (Å²) in [6, 6.07) is 16.6. The second kappa shape index (κ2) is 9.22. The van der Waals surface area contributed by atoms with Gasteiger partial charge in [-0.1, -0.05) is 59.3 Å². The van der Waals surface area contributed by atoms with E-state index in [-0.39, 0.29) is 5.91 Å². The number of piperazine rings is 1. The molecule has 2 aliphatic heterocycles. The zero-order valence-corrected chi connectivity index (χ0v) is 18.5. The molecule has 1 aromatic heterocycles. The first kappa shape index (κ1) is 20.8. The quantitative estimate of drug-likeness (QED) is 0.619. The highest BCUT2D eigenvalue weighted by Crippen LogP contribution is 2.20. The van der Waals surface area contributed by atoms with Gasteiger partial charge in [-0.3, -0.25) is 14.6 Å². The number of hydrogen-bond acceptors (Lipinski definition) is 6. The third-order valence-electron chi connectivity index (χ3n) is 6.44. The van der Waals surface area contributed by atoms with Crippen molar-refractivity contribution < 1.29 is 9.32 Å². The molecule has 1 saturated heterocycles. The fraction of sp³-hybridized carbons (Fsp3) is 0.400. The van der Waals surface area contributed by atoms with Crippen LogP contribution in [-0.4, -0.2) is 70.0 Å². The smallest absolute Gasteiger partial charge is 0.241 e. The second-order valence-electron chi connectivity index (χ2n) is 8.76. The molecule has 32 heavy (non-hydrogen) atoms. The molecule has 3 aromatic rings. The van der Waals surface area contributed by atoms with E-state index in [0.29, 0.717) is 24.8 Å². The Hall–Kier alpha value is -3.03. The second-order valence-corrected chi connectivity index (χ2v) is 8.76. The lowest BCUT2D eigenvalue weighted by Crippen LogP contribution is -2.50. The lowest BCUT2D eigenvalue weighted by atomic mass is 10.00. The van der Waals surface area contributed by atoms with Crippen LogP contribution in [0.25, 0.3) is 11.4 Å². The minimum Gasteiger partial charge on any atom is -0.338 e. The fourth-order valence-corrected chi connectivity index (χ4v) is 4.44. The van der Waals surface area contributed by atoms with E-state index in [1.807, 2.05) is 17.0 Å². The van der Waals surface area contributed by atoms with Crippen LogP contribution in [0.1, 0.15) is 22.6 Å². The fourth-order valence-electron chi connectivity index (χ4n) is 4.44. The van der Waals surface area contributed by atoms with E-state index in [1.54, 1.807) is 0 Å². The third kappa shape index (κ3) is 4.74. The lowest BCUT2D eigenvalue weighted by molar-refractivity contribution is -0.133. The van der Waals surface area contributed by atoms with Crippen molar-refractivity contribution in [1.82, 2.24) is 24.8 Å². The van der Waals surface area contributed by atoms with Crippen molar-refractivity contribution >= 4 is 5.91 Å². The van der Waals surface area contributed by atoms with E-state index in [0.717, 1.165) is 51.3 Å². The van der Waals surface area contributed by atoms with Crippen LogP contribution in [0.15, 0.2) is 53.1 Å². The SMILES string of the molecule is Cc1ccc(-c2noc(CN3CCN(CC(=O)N4CCc5ccccc5C4)CC3)n2)cc1. The molecule has 0 saturated carbocycles. The minimum atomic E-state index is 0.229. The molecule has 7 heteroatoms. The van der Waals surface area contributed by atoms with Gasteiger partial charge in [0.05, 0.1) is 13.1 Å². The molecule has 1 fully saturated rings. The van der Waals surface area contributed by atoms with Crippen LogP contribution in [-0.2, 0) is 24.3 Å². The van der Waals surface area contributed by atoms with Gasteiger partial charge in [-0.05, 0) is 24.5 Å². The maximum Gasteiger partial charge on any atom is 0.241 e. The molecule has 0 bridgehead atoms. The molecule has 0 N–H and O–H groups in total. The number of aromatic nitrogens is 2. The molecule has 1 amide bonds. The Labute approximate surface area is 188 Å². The largest absolute Gasteiger partial charge is 0.338 e. The summed E-state index contributed by atoms with van der Waals surface area (Å²) in [5.41, 5.74) is 4.83. The predicted molar refractivity (Wildman–Crippen MR) is 122 cm³/mol. The molecule has 2 aromatic carbocycles. The molecule has 166 valence electrons. The number of carbonyl (C=O) groups excluding carboxylic acids is 1. The first-order chi connectivity index (χ1) is 15.6. The average molecular weight is 432 g/mol. The van der Waals surface area contributed by atoms with Crippen LogP contribution in [0.4, 0.5) is 0 Å². The maximum absolute atomic E-state index is 12.8. The van der Waals surface area contributed by atoms with Crippen molar-refractivity contribution in [2.45, 2.75) is 26.4 Å². The molecule has 5 rings (SSSR count). The van der Waals surface area contributed by atoms with Gasteiger partial charge in [0.25, 0.3) is 0 Å². The maximum atomic E-state index is 12.8. The molecule has 7 nitrogen and oxygen atoms in total. The van der Waals surface area contributed by atoms with Gasteiger partial charge in [0.2, 0.25) is 17.6 Å². The highest BCUT2D eigenvalue weighted by Gasteiger charge is 2.25. The van der Waals surface area contributed by atoms with Crippen LogP contribution in [0.3, 0.4) is 0 Å². The zero-order valence-electron chi connectivity index (χ0n) is 18.5. The number of aryl methyl sites for hydroxylation is 1. The van der Waals surface area contributed by atoms with Gasteiger partial charge in [0.1, 0.15) is 0 Å². The Balaban J connectivity index is 1.09. The van der Waals surface area contributed by atoms with Crippen LogP contribution in [0.5, 0.6) is 0 Å². The van der Waals surface area contributed by atoms with Gasteiger partial charge in [0.15, 0.2) is 0 Å².